The Morgan fingerprint density at radius 1 is 1.12 bits per heavy atom. The second kappa shape index (κ2) is 7.62. The van der Waals surface area contributed by atoms with E-state index in [2.05, 4.69) is 5.43 Å². The van der Waals surface area contributed by atoms with Crippen LogP contribution in [-0.2, 0) is 14.8 Å². The zero-order valence-electron chi connectivity index (χ0n) is 14.0. The largest absolute Gasteiger partial charge is 0.481 e. The van der Waals surface area contributed by atoms with Crippen LogP contribution in [0.15, 0.2) is 47.4 Å². The predicted octanol–water partition coefficient (Wildman–Crippen LogP) is 2.22. The average molecular weight is 366 g/mol. The Balaban J connectivity index is 1.99. The van der Waals surface area contributed by atoms with Crippen molar-refractivity contribution in [2.45, 2.75) is 31.8 Å². The minimum absolute atomic E-state index is 0.0745. The molecule has 0 bridgehead atoms. The molecule has 0 radical (unpaired) electrons. The summed E-state index contributed by atoms with van der Waals surface area (Å²) in [4.78, 5) is 14.1. The molecule has 2 aromatic rings. The smallest absolute Gasteiger partial charge is 0.275 e. The first-order valence-electron chi connectivity index (χ1n) is 7.50. The molecule has 2 aromatic carbocycles. The minimum atomic E-state index is -3.90. The van der Waals surface area contributed by atoms with Gasteiger partial charge in [0.25, 0.3) is 15.9 Å². The maximum Gasteiger partial charge on any atom is 0.275 e. The number of carbonyl (C=O) groups excluding carboxylic acids is 1. The molecule has 134 valence electrons. The van der Waals surface area contributed by atoms with E-state index in [-0.39, 0.29) is 4.90 Å². The van der Waals surface area contributed by atoms with Gasteiger partial charge >= 0.3 is 0 Å². The lowest BCUT2D eigenvalue weighted by Crippen LogP contribution is -2.47. The fourth-order valence-electron chi connectivity index (χ4n) is 2.15. The molecule has 1 atom stereocenters. The van der Waals surface area contributed by atoms with Crippen LogP contribution in [0.5, 0.6) is 5.75 Å². The lowest BCUT2D eigenvalue weighted by Gasteiger charge is -2.16. The quantitative estimate of drug-likeness (QED) is 0.768. The molecule has 0 heterocycles. The molecular weight excluding hydrogens is 347 g/mol. The molecule has 2 N–H and O–H groups in total. The molecule has 8 heteroatoms. The van der Waals surface area contributed by atoms with Crippen LogP contribution in [0.3, 0.4) is 0 Å². The maximum atomic E-state index is 12.8. The summed E-state index contributed by atoms with van der Waals surface area (Å²) >= 11 is 0. The number of carbonyl (C=O) groups is 1. The molecule has 0 unspecified atom stereocenters. The van der Waals surface area contributed by atoms with Gasteiger partial charge in [-0.1, -0.05) is 17.7 Å². The van der Waals surface area contributed by atoms with Gasteiger partial charge in [-0.2, -0.15) is 0 Å². The minimum Gasteiger partial charge on any atom is -0.481 e. The van der Waals surface area contributed by atoms with Crippen LogP contribution in [0.25, 0.3) is 0 Å². The van der Waals surface area contributed by atoms with Crippen molar-refractivity contribution in [3.8, 4) is 5.75 Å². The zero-order valence-corrected chi connectivity index (χ0v) is 14.9. The van der Waals surface area contributed by atoms with E-state index in [9.17, 15) is 17.6 Å². The Hall–Kier alpha value is -2.45. The second-order valence-electron chi connectivity index (χ2n) is 5.58. The molecule has 0 fully saturated rings. The molecule has 0 aromatic heterocycles. The summed E-state index contributed by atoms with van der Waals surface area (Å²) in [5.74, 6) is -0.815. The van der Waals surface area contributed by atoms with E-state index in [4.69, 9.17) is 4.74 Å². The summed E-state index contributed by atoms with van der Waals surface area (Å²) in [7, 11) is -3.90. The van der Waals surface area contributed by atoms with Crippen molar-refractivity contribution < 1.29 is 22.3 Å². The van der Waals surface area contributed by atoms with Crippen LogP contribution >= 0.6 is 0 Å². The Kier molecular flexibility index (Phi) is 5.76. The van der Waals surface area contributed by atoms with Crippen molar-refractivity contribution in [2.75, 3.05) is 0 Å². The monoisotopic (exact) mass is 366 g/mol. The molecule has 0 spiro atoms. The summed E-state index contributed by atoms with van der Waals surface area (Å²) in [5.41, 5.74) is 3.62. The van der Waals surface area contributed by atoms with E-state index in [1.807, 2.05) is 11.8 Å². The molecule has 6 nitrogen and oxygen atoms in total. The van der Waals surface area contributed by atoms with Crippen LogP contribution < -0.4 is 15.0 Å². The highest BCUT2D eigenvalue weighted by molar-refractivity contribution is 7.89. The van der Waals surface area contributed by atoms with Gasteiger partial charge in [-0.25, -0.2) is 12.8 Å². The molecule has 0 saturated heterocycles. The van der Waals surface area contributed by atoms with E-state index >= 15 is 0 Å². The fraction of sp³-hybridized carbons (Fsp3) is 0.235. The number of rotatable bonds is 6. The van der Waals surface area contributed by atoms with Gasteiger partial charge < -0.3 is 4.74 Å². The van der Waals surface area contributed by atoms with Crippen molar-refractivity contribution in [1.29, 1.82) is 0 Å². The van der Waals surface area contributed by atoms with E-state index in [0.29, 0.717) is 11.3 Å². The van der Waals surface area contributed by atoms with E-state index in [1.165, 1.54) is 37.3 Å². The lowest BCUT2D eigenvalue weighted by atomic mass is 10.2. The summed E-state index contributed by atoms with van der Waals surface area (Å²) in [6, 6.07) is 10.0. The number of hydrazine groups is 1. The fourth-order valence-corrected chi connectivity index (χ4v) is 3.22. The first-order chi connectivity index (χ1) is 11.7. The van der Waals surface area contributed by atoms with E-state index in [0.717, 1.165) is 5.56 Å². The topological polar surface area (TPSA) is 84.5 Å². The zero-order chi connectivity index (χ0) is 18.6. The summed E-state index contributed by atoms with van der Waals surface area (Å²) < 4.78 is 42.7. The van der Waals surface area contributed by atoms with Gasteiger partial charge in [0.15, 0.2) is 6.10 Å². The van der Waals surface area contributed by atoms with Gasteiger partial charge in [-0.3, -0.25) is 10.2 Å². The van der Waals surface area contributed by atoms with Crippen LogP contribution in [0.4, 0.5) is 4.39 Å². The van der Waals surface area contributed by atoms with Gasteiger partial charge in [0.1, 0.15) is 11.6 Å². The number of benzene rings is 2. The van der Waals surface area contributed by atoms with Crippen molar-refractivity contribution in [3.63, 3.8) is 0 Å². The van der Waals surface area contributed by atoms with Crippen LogP contribution in [0, 0.1) is 19.7 Å². The van der Waals surface area contributed by atoms with E-state index < -0.39 is 27.9 Å². The number of hydrogen-bond donors (Lipinski definition) is 2. The van der Waals surface area contributed by atoms with Gasteiger partial charge in [0, 0.05) is 0 Å². The number of nitrogens with one attached hydrogen (secondary N) is 2. The number of amides is 1. The highest BCUT2D eigenvalue weighted by Crippen LogP contribution is 2.16. The molecule has 0 saturated carbocycles. The van der Waals surface area contributed by atoms with Gasteiger partial charge in [0.2, 0.25) is 0 Å². The molecular formula is C17H19FN2O4S. The Morgan fingerprint density at radius 3 is 2.36 bits per heavy atom. The van der Waals surface area contributed by atoms with Crippen molar-refractivity contribution in [3.05, 3.63) is 59.4 Å². The normalized spacial score (nSPS) is 12.5. The number of aryl methyl sites for hydroxylation is 2. The Morgan fingerprint density at radius 2 is 1.76 bits per heavy atom. The highest BCUT2D eigenvalue weighted by atomic mass is 32.2. The van der Waals surface area contributed by atoms with Crippen molar-refractivity contribution in [2.24, 2.45) is 0 Å². The summed E-state index contributed by atoms with van der Waals surface area (Å²) in [5, 5.41) is 0. The highest BCUT2D eigenvalue weighted by Gasteiger charge is 2.20. The third-order valence-corrected chi connectivity index (χ3v) is 4.83. The third-order valence-electron chi connectivity index (χ3n) is 3.42. The number of sulfonamides is 1. The second-order valence-corrected chi connectivity index (χ2v) is 7.23. The predicted molar refractivity (Wildman–Crippen MR) is 90.9 cm³/mol. The number of ether oxygens (including phenoxy) is 1. The Bertz CT molecular complexity index is 867. The first kappa shape index (κ1) is 18.9. The molecule has 0 aliphatic heterocycles. The standard InChI is InChI=1S/C17H19FN2O4S/c1-11-4-9-16(12(2)10-11)25(22,23)20-19-17(21)13(3)24-15-7-5-14(18)6-8-15/h4-10,13,20H,1-3H3,(H,19,21)/t13-/m0/s1. The molecule has 0 aliphatic carbocycles. The summed E-state index contributed by atoms with van der Waals surface area (Å²) in [6.07, 6.45) is -0.979. The number of halogens is 1. The maximum absolute atomic E-state index is 12.8. The molecule has 1 amide bonds. The Labute approximate surface area is 146 Å². The van der Waals surface area contributed by atoms with Crippen molar-refractivity contribution in [1.82, 2.24) is 10.3 Å². The average Bonchev–Trinajstić information content (AvgIpc) is 2.54. The van der Waals surface area contributed by atoms with Crippen LogP contribution in [-0.4, -0.2) is 20.4 Å². The molecule has 25 heavy (non-hydrogen) atoms. The SMILES string of the molecule is Cc1ccc(S(=O)(=O)NNC(=O)[C@H](C)Oc2ccc(F)cc2)c(C)c1. The van der Waals surface area contributed by atoms with Crippen LogP contribution in [0.2, 0.25) is 0 Å². The van der Waals surface area contributed by atoms with Crippen LogP contribution in [0.1, 0.15) is 18.1 Å². The van der Waals surface area contributed by atoms with Crippen molar-refractivity contribution >= 4 is 15.9 Å². The lowest BCUT2D eigenvalue weighted by molar-refractivity contribution is -0.127. The van der Waals surface area contributed by atoms with Gasteiger partial charge in [0.05, 0.1) is 4.90 Å². The van der Waals surface area contributed by atoms with Gasteiger partial charge in [-0.05, 0) is 56.7 Å². The third kappa shape index (κ3) is 5.01. The molecule has 2 rings (SSSR count). The van der Waals surface area contributed by atoms with Gasteiger partial charge in [-0.15, -0.1) is 4.83 Å². The van der Waals surface area contributed by atoms with E-state index in [1.54, 1.807) is 19.1 Å². The molecule has 0 aliphatic rings. The summed E-state index contributed by atoms with van der Waals surface area (Å²) in [6.45, 7) is 4.97. The first-order valence-corrected chi connectivity index (χ1v) is 8.98. The number of hydrogen-bond acceptors (Lipinski definition) is 4.